The largest absolute Gasteiger partial charge is 0.444 e. The normalized spacial score (nSPS) is 17.3. The van der Waals surface area contributed by atoms with Gasteiger partial charge in [0.15, 0.2) is 11.6 Å². The lowest BCUT2D eigenvalue weighted by molar-refractivity contribution is -0.126. The van der Waals surface area contributed by atoms with Gasteiger partial charge in [0, 0.05) is 54.5 Å². The summed E-state index contributed by atoms with van der Waals surface area (Å²) in [7, 11) is 1.94. The van der Waals surface area contributed by atoms with Crippen LogP contribution in [0.3, 0.4) is 0 Å². The van der Waals surface area contributed by atoms with Crippen molar-refractivity contribution < 1.29 is 27.5 Å². The molecule has 3 aromatic rings. The summed E-state index contributed by atoms with van der Waals surface area (Å²) in [5.41, 5.74) is 1.22. The minimum Gasteiger partial charge on any atom is -0.444 e. The summed E-state index contributed by atoms with van der Waals surface area (Å²) >= 11 is 1.11. The molecule has 1 amide bonds. The predicted octanol–water partition coefficient (Wildman–Crippen LogP) is 6.82. The minimum atomic E-state index is -4.25. The van der Waals surface area contributed by atoms with Gasteiger partial charge in [-0.15, -0.1) is 16.4 Å². The fourth-order valence-corrected chi connectivity index (χ4v) is 6.32. The van der Waals surface area contributed by atoms with Gasteiger partial charge >= 0.3 is 12.3 Å². The molecule has 0 saturated heterocycles. The molecular weight excluding hydrogens is 579 g/mol. The standard InChI is InChI=1S/C31H40F3N5O3S/c1-30(2,3)42-29(41)35-14-6-5-7-26(40)21-10-8-20(9-11-21)18-36-22-12-13-23(15-22)39(4)28-25-16-24(17-31(32,33)34)43-27(25)19-37-38-28/h8-11,16,19,22-23,36H,5-7,12-15,17-18H2,1-4H3,(H,35,41)/t22-,23+/m0/s1. The molecule has 1 aliphatic carbocycles. The van der Waals surface area contributed by atoms with Gasteiger partial charge in [0.1, 0.15) is 5.60 Å². The highest BCUT2D eigenvalue weighted by Crippen LogP contribution is 2.36. The molecular formula is C31H40F3N5O3S. The van der Waals surface area contributed by atoms with E-state index in [1.54, 1.807) is 6.07 Å². The molecule has 12 heteroatoms. The lowest BCUT2D eigenvalue weighted by atomic mass is 10.0. The first kappa shape index (κ1) is 32.7. The van der Waals surface area contributed by atoms with Gasteiger partial charge in [-0.05, 0) is 64.5 Å². The van der Waals surface area contributed by atoms with Crippen LogP contribution in [0.2, 0.25) is 0 Å². The second kappa shape index (κ2) is 14.0. The summed E-state index contributed by atoms with van der Waals surface area (Å²) in [4.78, 5) is 26.6. The number of hydrogen-bond acceptors (Lipinski definition) is 8. The van der Waals surface area contributed by atoms with E-state index in [0.29, 0.717) is 59.9 Å². The van der Waals surface area contributed by atoms with Crippen LogP contribution in [-0.2, 0) is 17.7 Å². The third-order valence-corrected chi connectivity index (χ3v) is 8.48. The minimum absolute atomic E-state index is 0.0766. The lowest BCUT2D eigenvalue weighted by Gasteiger charge is -2.26. The van der Waals surface area contributed by atoms with E-state index in [2.05, 4.69) is 25.7 Å². The zero-order valence-electron chi connectivity index (χ0n) is 25.1. The SMILES string of the molecule is CN(c1nncc2sc(CC(F)(F)F)cc12)[C@@H]1CC[C@H](NCc2ccc(C(=O)CCCCNC(=O)OC(C)(C)C)cc2)C1. The molecule has 2 aromatic heterocycles. The Bertz CT molecular complexity index is 1390. The van der Waals surface area contributed by atoms with Crippen LogP contribution in [0, 0.1) is 0 Å². The number of halogens is 3. The number of benzene rings is 1. The maximum Gasteiger partial charge on any atom is 0.407 e. The number of rotatable bonds is 12. The van der Waals surface area contributed by atoms with E-state index < -0.39 is 24.3 Å². The molecule has 8 nitrogen and oxygen atoms in total. The summed E-state index contributed by atoms with van der Waals surface area (Å²) < 4.78 is 44.7. The van der Waals surface area contributed by atoms with Gasteiger partial charge in [-0.2, -0.15) is 18.3 Å². The topological polar surface area (TPSA) is 96.5 Å². The van der Waals surface area contributed by atoms with E-state index in [1.807, 2.05) is 52.1 Å². The zero-order chi connectivity index (χ0) is 31.2. The quantitative estimate of drug-likeness (QED) is 0.170. The number of amides is 1. The van der Waals surface area contributed by atoms with Crippen molar-refractivity contribution in [1.29, 1.82) is 0 Å². The van der Waals surface area contributed by atoms with Crippen molar-refractivity contribution in [3.05, 3.63) is 52.5 Å². The molecule has 2 atom stereocenters. The summed E-state index contributed by atoms with van der Waals surface area (Å²) in [5, 5.41) is 15.4. The average molecular weight is 620 g/mol. The van der Waals surface area contributed by atoms with Gasteiger partial charge in [0.25, 0.3) is 0 Å². The Morgan fingerprint density at radius 1 is 1.12 bits per heavy atom. The zero-order valence-corrected chi connectivity index (χ0v) is 25.9. The number of hydrogen-bond donors (Lipinski definition) is 2. The number of unbranched alkanes of at least 4 members (excludes halogenated alkanes) is 1. The third-order valence-electron chi connectivity index (χ3n) is 7.41. The van der Waals surface area contributed by atoms with E-state index in [4.69, 9.17) is 4.74 Å². The van der Waals surface area contributed by atoms with Crippen molar-refractivity contribution in [2.45, 2.75) is 96.1 Å². The molecule has 1 aromatic carbocycles. The van der Waals surface area contributed by atoms with Gasteiger partial charge < -0.3 is 20.3 Å². The maximum absolute atomic E-state index is 12.9. The van der Waals surface area contributed by atoms with Crippen LogP contribution in [0.1, 0.15) is 80.1 Å². The molecule has 2 N–H and O–H groups in total. The maximum atomic E-state index is 12.9. The van der Waals surface area contributed by atoms with E-state index in [-0.39, 0.29) is 16.7 Å². The highest BCUT2D eigenvalue weighted by molar-refractivity contribution is 7.19. The number of aromatic nitrogens is 2. The molecule has 4 rings (SSSR count). The number of alkyl carbamates (subject to hydrolysis) is 1. The Balaban J connectivity index is 1.20. The molecule has 2 heterocycles. The second-order valence-corrected chi connectivity index (χ2v) is 13.3. The number of carbonyl (C=O) groups excluding carboxylic acids is 2. The van der Waals surface area contributed by atoms with Gasteiger partial charge in [-0.3, -0.25) is 4.79 Å². The molecule has 1 aliphatic rings. The second-order valence-electron chi connectivity index (χ2n) is 12.1. The first-order valence-corrected chi connectivity index (χ1v) is 15.4. The fraction of sp³-hybridized carbons (Fsp3) is 0.548. The molecule has 0 aliphatic heterocycles. The van der Waals surface area contributed by atoms with Crippen molar-refractivity contribution in [2.24, 2.45) is 0 Å². The molecule has 1 saturated carbocycles. The first-order valence-electron chi connectivity index (χ1n) is 14.6. The smallest absolute Gasteiger partial charge is 0.407 e. The molecule has 0 bridgehead atoms. The number of anilines is 1. The van der Waals surface area contributed by atoms with Crippen LogP contribution < -0.4 is 15.5 Å². The van der Waals surface area contributed by atoms with Gasteiger partial charge in [0.2, 0.25) is 0 Å². The number of nitrogens with one attached hydrogen (secondary N) is 2. The lowest BCUT2D eigenvalue weighted by Crippen LogP contribution is -2.33. The van der Waals surface area contributed by atoms with Crippen LogP contribution in [0.5, 0.6) is 0 Å². The third kappa shape index (κ3) is 9.89. The summed E-state index contributed by atoms with van der Waals surface area (Å²) in [6.07, 6.45) is 0.455. The van der Waals surface area contributed by atoms with Crippen molar-refractivity contribution in [2.75, 3.05) is 18.5 Å². The number of carbonyl (C=O) groups is 2. The highest BCUT2D eigenvalue weighted by Gasteiger charge is 2.31. The first-order chi connectivity index (χ1) is 20.3. The van der Waals surface area contributed by atoms with Crippen LogP contribution in [0.15, 0.2) is 36.5 Å². The van der Waals surface area contributed by atoms with Crippen molar-refractivity contribution in [3.63, 3.8) is 0 Å². The Morgan fingerprint density at radius 2 is 1.86 bits per heavy atom. The number of ether oxygens (including phenoxy) is 1. The average Bonchev–Trinajstić information content (AvgIpc) is 3.56. The highest BCUT2D eigenvalue weighted by atomic mass is 32.1. The Morgan fingerprint density at radius 3 is 2.56 bits per heavy atom. The van der Waals surface area contributed by atoms with Gasteiger partial charge in [-0.25, -0.2) is 4.79 Å². The summed E-state index contributed by atoms with van der Waals surface area (Å²) in [5.74, 6) is 0.695. The molecule has 43 heavy (non-hydrogen) atoms. The Hall–Kier alpha value is -3.25. The van der Waals surface area contributed by atoms with Gasteiger partial charge in [0.05, 0.1) is 17.3 Å². The number of Topliss-reactive ketones (excluding diaryl/α,β-unsaturated/α-hetero) is 1. The Labute approximate surface area is 254 Å². The van der Waals surface area contributed by atoms with E-state index in [1.165, 1.54) is 6.20 Å². The van der Waals surface area contributed by atoms with E-state index in [0.717, 1.165) is 36.2 Å². The number of nitrogens with zero attached hydrogens (tertiary/aromatic N) is 3. The number of thiophene rings is 1. The monoisotopic (exact) mass is 619 g/mol. The molecule has 1 fully saturated rings. The number of alkyl halides is 3. The van der Waals surface area contributed by atoms with Crippen LogP contribution >= 0.6 is 11.3 Å². The molecule has 234 valence electrons. The Kier molecular flexibility index (Phi) is 10.7. The summed E-state index contributed by atoms with van der Waals surface area (Å²) in [6.45, 7) is 6.57. The van der Waals surface area contributed by atoms with Crippen LogP contribution in [0.4, 0.5) is 23.8 Å². The predicted molar refractivity (Wildman–Crippen MR) is 163 cm³/mol. The molecule has 0 spiro atoms. The number of fused-ring (bicyclic) bond motifs is 1. The molecule has 0 unspecified atom stereocenters. The molecule has 0 radical (unpaired) electrons. The van der Waals surface area contributed by atoms with Crippen molar-refractivity contribution in [1.82, 2.24) is 20.8 Å². The van der Waals surface area contributed by atoms with E-state index in [9.17, 15) is 22.8 Å². The van der Waals surface area contributed by atoms with Gasteiger partial charge in [-0.1, -0.05) is 24.3 Å². The van der Waals surface area contributed by atoms with Crippen LogP contribution in [0.25, 0.3) is 10.1 Å². The fourth-order valence-electron chi connectivity index (χ4n) is 5.26. The number of ketones is 1. The van der Waals surface area contributed by atoms with Crippen molar-refractivity contribution >= 4 is 39.1 Å². The van der Waals surface area contributed by atoms with Crippen LogP contribution in [-0.4, -0.2) is 59.5 Å². The van der Waals surface area contributed by atoms with Crippen molar-refractivity contribution in [3.8, 4) is 0 Å². The summed E-state index contributed by atoms with van der Waals surface area (Å²) in [6, 6.07) is 9.73. The van der Waals surface area contributed by atoms with E-state index >= 15 is 0 Å².